The second kappa shape index (κ2) is 6.71. The predicted molar refractivity (Wildman–Crippen MR) is 85.3 cm³/mol. The monoisotopic (exact) mass is 383 g/mol. The molecule has 1 aromatic carbocycles. The Morgan fingerprint density at radius 2 is 1.78 bits per heavy atom. The van der Waals surface area contributed by atoms with Crippen molar-refractivity contribution in [3.8, 4) is 0 Å². The zero-order chi connectivity index (χ0) is 17.4. The molecule has 1 aromatic heterocycles. The number of benzene rings is 1. The van der Waals surface area contributed by atoms with Crippen LogP contribution >= 0.6 is 34.8 Å². The molecule has 2 aromatic rings. The van der Waals surface area contributed by atoms with Crippen LogP contribution in [0.3, 0.4) is 0 Å². The van der Waals surface area contributed by atoms with Gasteiger partial charge in [0.2, 0.25) is 0 Å². The van der Waals surface area contributed by atoms with Gasteiger partial charge in [0.05, 0.1) is 6.04 Å². The first kappa shape index (κ1) is 18.1. The van der Waals surface area contributed by atoms with E-state index >= 15 is 0 Å². The van der Waals surface area contributed by atoms with Crippen molar-refractivity contribution in [2.75, 3.05) is 5.32 Å². The number of alkyl halides is 3. The lowest BCUT2D eigenvalue weighted by atomic mass is 10.1. The summed E-state index contributed by atoms with van der Waals surface area (Å²) in [5, 5.41) is 3.09. The minimum absolute atomic E-state index is 0.0429. The van der Waals surface area contributed by atoms with Gasteiger partial charge in [-0.25, -0.2) is 9.97 Å². The number of hydrogen-bond acceptors (Lipinski definition) is 3. The summed E-state index contributed by atoms with van der Waals surface area (Å²) in [6, 6.07) is 4.42. The fourth-order valence-electron chi connectivity index (χ4n) is 1.98. The number of halogens is 6. The van der Waals surface area contributed by atoms with E-state index in [0.717, 1.165) is 0 Å². The third-order valence-electron chi connectivity index (χ3n) is 3.01. The maximum Gasteiger partial charge on any atom is 0.435 e. The van der Waals surface area contributed by atoms with Crippen molar-refractivity contribution >= 4 is 40.6 Å². The van der Waals surface area contributed by atoms with Crippen molar-refractivity contribution < 1.29 is 13.2 Å². The number of nitrogens with one attached hydrogen (secondary N) is 1. The summed E-state index contributed by atoms with van der Waals surface area (Å²) in [6.07, 6.45) is -4.66. The molecule has 1 N–H and O–H groups in total. The van der Waals surface area contributed by atoms with Gasteiger partial charge in [0.1, 0.15) is 16.7 Å². The van der Waals surface area contributed by atoms with E-state index in [9.17, 15) is 13.2 Å². The summed E-state index contributed by atoms with van der Waals surface area (Å²) in [4.78, 5) is 7.30. The van der Waals surface area contributed by atoms with E-state index < -0.39 is 22.9 Å². The summed E-state index contributed by atoms with van der Waals surface area (Å²) in [5.41, 5.74) is -0.527. The maximum absolute atomic E-state index is 12.9. The highest BCUT2D eigenvalue weighted by Crippen LogP contribution is 2.37. The second-order valence-electron chi connectivity index (χ2n) is 4.81. The summed E-state index contributed by atoms with van der Waals surface area (Å²) in [5.74, 6) is -0.149. The van der Waals surface area contributed by atoms with Gasteiger partial charge in [0.15, 0.2) is 5.69 Å². The number of aryl methyl sites for hydroxylation is 1. The average molecular weight is 385 g/mol. The van der Waals surface area contributed by atoms with Crippen LogP contribution in [0.25, 0.3) is 0 Å². The Kier molecular flexibility index (Phi) is 5.28. The van der Waals surface area contributed by atoms with E-state index in [-0.39, 0.29) is 11.6 Å². The van der Waals surface area contributed by atoms with Gasteiger partial charge in [-0.3, -0.25) is 0 Å². The van der Waals surface area contributed by atoms with Gasteiger partial charge < -0.3 is 5.32 Å². The Bertz CT molecular complexity index is 735. The van der Waals surface area contributed by atoms with E-state index in [4.69, 9.17) is 34.8 Å². The lowest BCUT2D eigenvalue weighted by Gasteiger charge is -2.19. The molecule has 0 fully saturated rings. The van der Waals surface area contributed by atoms with Crippen LogP contribution in [0.15, 0.2) is 18.2 Å². The lowest BCUT2D eigenvalue weighted by Crippen LogP contribution is -2.15. The molecule has 1 atom stereocenters. The number of aromatic nitrogens is 2. The minimum atomic E-state index is -4.66. The standard InChI is InChI=1S/C14H11Cl3F3N3/c1-6(9-4-3-8(15)5-10(9)16)21-13-11(17)12(14(18,19)20)22-7(2)23-13/h3-6H,1-2H3,(H,21,22,23). The molecule has 0 aliphatic rings. The highest BCUT2D eigenvalue weighted by molar-refractivity contribution is 6.35. The van der Waals surface area contributed by atoms with E-state index in [1.807, 2.05) is 0 Å². The van der Waals surface area contributed by atoms with Crippen LogP contribution in [0.4, 0.5) is 19.0 Å². The molecule has 0 aliphatic heterocycles. The van der Waals surface area contributed by atoms with Crippen molar-refractivity contribution in [2.24, 2.45) is 0 Å². The third-order valence-corrected chi connectivity index (χ3v) is 3.93. The largest absolute Gasteiger partial charge is 0.435 e. The van der Waals surface area contributed by atoms with Crippen LogP contribution < -0.4 is 5.32 Å². The van der Waals surface area contributed by atoms with E-state index in [0.29, 0.717) is 15.6 Å². The third kappa shape index (κ3) is 4.19. The van der Waals surface area contributed by atoms with Crippen LogP contribution in [0.1, 0.15) is 30.0 Å². The molecular formula is C14H11Cl3F3N3. The Hall–Kier alpha value is -1.24. The van der Waals surface area contributed by atoms with Gasteiger partial charge in [-0.05, 0) is 31.5 Å². The number of anilines is 1. The molecule has 0 saturated carbocycles. The first-order chi connectivity index (χ1) is 10.6. The van der Waals surface area contributed by atoms with Crippen LogP contribution in [0, 0.1) is 6.92 Å². The summed E-state index contributed by atoms with van der Waals surface area (Å²) in [6.45, 7) is 3.08. The molecule has 0 spiro atoms. The van der Waals surface area contributed by atoms with Crippen molar-refractivity contribution in [3.63, 3.8) is 0 Å². The van der Waals surface area contributed by atoms with Gasteiger partial charge in [0, 0.05) is 10.0 Å². The first-order valence-corrected chi connectivity index (χ1v) is 7.55. The molecule has 2 rings (SSSR count). The predicted octanol–water partition coefficient (Wildman–Crippen LogP) is 5.94. The molecule has 0 aliphatic carbocycles. The number of rotatable bonds is 3. The average Bonchev–Trinajstić information content (AvgIpc) is 2.41. The van der Waals surface area contributed by atoms with Crippen molar-refractivity contribution in [3.05, 3.63) is 50.3 Å². The highest BCUT2D eigenvalue weighted by atomic mass is 35.5. The van der Waals surface area contributed by atoms with Crippen LogP contribution in [-0.4, -0.2) is 9.97 Å². The lowest BCUT2D eigenvalue weighted by molar-refractivity contribution is -0.141. The molecule has 1 unspecified atom stereocenters. The zero-order valence-corrected chi connectivity index (χ0v) is 14.2. The summed E-state index contributed by atoms with van der Waals surface area (Å²) in [7, 11) is 0. The Morgan fingerprint density at radius 3 is 2.35 bits per heavy atom. The SMILES string of the molecule is Cc1nc(NC(C)c2ccc(Cl)cc2Cl)c(Cl)c(C(F)(F)F)n1. The van der Waals surface area contributed by atoms with Crippen molar-refractivity contribution in [2.45, 2.75) is 26.1 Å². The van der Waals surface area contributed by atoms with E-state index in [1.165, 1.54) is 6.92 Å². The molecular weight excluding hydrogens is 374 g/mol. The van der Waals surface area contributed by atoms with Crippen molar-refractivity contribution in [1.82, 2.24) is 9.97 Å². The fraction of sp³-hybridized carbons (Fsp3) is 0.286. The molecule has 0 saturated heterocycles. The van der Waals surface area contributed by atoms with Crippen LogP contribution in [0.2, 0.25) is 15.1 Å². The maximum atomic E-state index is 12.9. The van der Waals surface area contributed by atoms with Gasteiger partial charge in [-0.2, -0.15) is 13.2 Å². The van der Waals surface area contributed by atoms with Crippen molar-refractivity contribution in [1.29, 1.82) is 0 Å². The molecule has 1 heterocycles. The Morgan fingerprint density at radius 1 is 1.13 bits per heavy atom. The Balaban J connectivity index is 2.38. The molecule has 23 heavy (non-hydrogen) atoms. The highest BCUT2D eigenvalue weighted by Gasteiger charge is 2.37. The quantitative estimate of drug-likeness (QED) is 0.712. The zero-order valence-electron chi connectivity index (χ0n) is 12.0. The Labute approximate surface area is 145 Å². The van der Waals surface area contributed by atoms with Crippen LogP contribution in [0.5, 0.6) is 0 Å². The van der Waals surface area contributed by atoms with Gasteiger partial charge in [0.25, 0.3) is 0 Å². The molecule has 0 radical (unpaired) electrons. The molecule has 3 nitrogen and oxygen atoms in total. The topological polar surface area (TPSA) is 37.8 Å². The number of nitrogens with zero attached hydrogens (tertiary/aromatic N) is 2. The van der Waals surface area contributed by atoms with Gasteiger partial charge >= 0.3 is 6.18 Å². The van der Waals surface area contributed by atoms with E-state index in [1.54, 1.807) is 25.1 Å². The molecule has 0 amide bonds. The molecule has 9 heteroatoms. The van der Waals surface area contributed by atoms with Gasteiger partial charge in [-0.15, -0.1) is 0 Å². The fourth-order valence-corrected chi connectivity index (χ4v) is 2.80. The normalized spacial score (nSPS) is 13.0. The minimum Gasteiger partial charge on any atom is -0.362 e. The summed E-state index contributed by atoms with van der Waals surface area (Å²) < 4.78 is 38.8. The van der Waals surface area contributed by atoms with E-state index in [2.05, 4.69) is 15.3 Å². The van der Waals surface area contributed by atoms with Crippen LogP contribution in [-0.2, 0) is 6.18 Å². The first-order valence-electron chi connectivity index (χ1n) is 6.42. The van der Waals surface area contributed by atoms with Gasteiger partial charge in [-0.1, -0.05) is 40.9 Å². The second-order valence-corrected chi connectivity index (χ2v) is 6.03. The summed E-state index contributed by atoms with van der Waals surface area (Å²) >= 11 is 17.7. The number of hydrogen-bond donors (Lipinski definition) is 1. The molecule has 0 bridgehead atoms. The molecule has 124 valence electrons. The smallest absolute Gasteiger partial charge is 0.362 e.